The van der Waals surface area contributed by atoms with Crippen LogP contribution in [0.3, 0.4) is 0 Å². The summed E-state index contributed by atoms with van der Waals surface area (Å²) in [6.45, 7) is 0.322. The molecule has 0 atom stereocenters. The van der Waals surface area contributed by atoms with Crippen LogP contribution in [-0.2, 0) is 19.4 Å². The zero-order chi connectivity index (χ0) is 25.6. The average molecular weight is 493 g/mol. The van der Waals surface area contributed by atoms with Crippen LogP contribution in [0.4, 0.5) is 17.1 Å². The van der Waals surface area contributed by atoms with Gasteiger partial charge in [0.15, 0.2) is 5.76 Å². The molecule has 0 aliphatic carbocycles. The van der Waals surface area contributed by atoms with E-state index >= 15 is 0 Å². The highest BCUT2D eigenvalue weighted by atomic mass is 16.5. The number of aryl methyl sites for hydroxylation is 1. The highest BCUT2D eigenvalue weighted by Crippen LogP contribution is 2.34. The van der Waals surface area contributed by atoms with Crippen molar-refractivity contribution in [2.24, 2.45) is 0 Å². The van der Waals surface area contributed by atoms with Gasteiger partial charge in [0.25, 0.3) is 0 Å². The minimum atomic E-state index is -0.558. The summed E-state index contributed by atoms with van der Waals surface area (Å²) >= 11 is 0. The fourth-order valence-corrected chi connectivity index (χ4v) is 4.34. The molecule has 0 radical (unpaired) electrons. The Balaban J connectivity index is 1.33. The number of benzene rings is 4. The number of oxazole rings is 1. The van der Waals surface area contributed by atoms with Crippen LogP contribution in [0.5, 0.6) is 11.6 Å². The Morgan fingerprint density at radius 1 is 0.757 bits per heavy atom. The van der Waals surface area contributed by atoms with Gasteiger partial charge in [-0.05, 0) is 66.1 Å². The van der Waals surface area contributed by atoms with E-state index < -0.39 is 5.76 Å². The van der Waals surface area contributed by atoms with Gasteiger partial charge in [0, 0.05) is 30.0 Å². The topological polar surface area (TPSA) is 67.8 Å². The van der Waals surface area contributed by atoms with Crippen LogP contribution < -0.4 is 15.4 Å². The van der Waals surface area contributed by atoms with E-state index in [-0.39, 0.29) is 11.6 Å². The second kappa shape index (κ2) is 10.9. The molecular formula is C31H28N2O4. The monoisotopic (exact) mass is 492 g/mol. The third-order valence-electron chi connectivity index (χ3n) is 6.31. The van der Waals surface area contributed by atoms with Crippen LogP contribution in [0.15, 0.2) is 118 Å². The largest absolute Gasteiger partial charge is 0.497 e. The molecule has 0 aliphatic heterocycles. The second-order valence-electron chi connectivity index (χ2n) is 8.71. The molecule has 5 aromatic rings. The number of rotatable bonds is 9. The third kappa shape index (κ3) is 5.43. The lowest BCUT2D eigenvalue weighted by molar-refractivity contribution is 0.407. The molecule has 1 heterocycles. The molecule has 37 heavy (non-hydrogen) atoms. The first kappa shape index (κ1) is 24.0. The van der Waals surface area contributed by atoms with Crippen molar-refractivity contribution in [3.63, 3.8) is 0 Å². The predicted octanol–water partition coefficient (Wildman–Crippen LogP) is 6.46. The molecule has 4 aromatic carbocycles. The highest BCUT2D eigenvalue weighted by molar-refractivity contribution is 5.76. The molecule has 0 saturated heterocycles. The number of nitrogens with zero attached hydrogens (tertiary/aromatic N) is 2. The Morgan fingerprint density at radius 2 is 1.30 bits per heavy atom. The maximum Gasteiger partial charge on any atom is 0.422 e. The fraction of sp³-hybridized carbons (Fsp3) is 0.129. The molecule has 0 aliphatic rings. The lowest BCUT2D eigenvalue weighted by atomic mass is 10.1. The van der Waals surface area contributed by atoms with E-state index in [1.165, 1.54) is 4.57 Å². The Bertz CT molecular complexity index is 1450. The summed E-state index contributed by atoms with van der Waals surface area (Å²) in [7, 11) is 1.62. The van der Waals surface area contributed by atoms with Crippen molar-refractivity contribution in [1.82, 2.24) is 4.57 Å². The van der Waals surface area contributed by atoms with Crippen LogP contribution in [-0.4, -0.2) is 16.8 Å². The summed E-state index contributed by atoms with van der Waals surface area (Å²) in [5, 5.41) is 10.7. The lowest BCUT2D eigenvalue weighted by Crippen LogP contribution is -2.15. The normalized spacial score (nSPS) is 10.8. The summed E-state index contributed by atoms with van der Waals surface area (Å²) < 4.78 is 11.9. The number of methoxy groups -OCH3 is 1. The van der Waals surface area contributed by atoms with Crippen molar-refractivity contribution in [3.05, 3.63) is 137 Å². The van der Waals surface area contributed by atoms with Crippen molar-refractivity contribution < 1.29 is 14.3 Å². The Hall–Kier alpha value is -4.71. The van der Waals surface area contributed by atoms with E-state index in [0.29, 0.717) is 19.4 Å². The quantitative estimate of drug-likeness (QED) is 0.256. The van der Waals surface area contributed by atoms with Gasteiger partial charge in [-0.1, -0.05) is 60.7 Å². The van der Waals surface area contributed by atoms with E-state index in [2.05, 4.69) is 29.2 Å². The first-order valence-corrected chi connectivity index (χ1v) is 12.2. The Morgan fingerprint density at radius 3 is 1.86 bits per heavy atom. The summed E-state index contributed by atoms with van der Waals surface area (Å²) in [5.74, 6) is 0.348. The lowest BCUT2D eigenvalue weighted by Gasteiger charge is -2.25. The average Bonchev–Trinajstić information content (AvgIpc) is 3.21. The molecule has 6 nitrogen and oxygen atoms in total. The number of hydrogen-bond acceptors (Lipinski definition) is 5. The highest BCUT2D eigenvalue weighted by Gasteiger charge is 2.17. The maximum absolute atomic E-state index is 12.4. The zero-order valence-corrected chi connectivity index (χ0v) is 20.6. The van der Waals surface area contributed by atoms with Gasteiger partial charge in [0.1, 0.15) is 5.75 Å². The summed E-state index contributed by atoms with van der Waals surface area (Å²) in [6.07, 6.45) is 0.896. The van der Waals surface area contributed by atoms with Gasteiger partial charge in [0.05, 0.1) is 7.11 Å². The molecule has 0 spiro atoms. The fourth-order valence-electron chi connectivity index (χ4n) is 4.34. The molecule has 5 rings (SSSR count). The number of aromatic nitrogens is 1. The molecule has 1 N–H and O–H groups in total. The third-order valence-corrected chi connectivity index (χ3v) is 6.31. The van der Waals surface area contributed by atoms with Crippen molar-refractivity contribution in [1.29, 1.82) is 0 Å². The van der Waals surface area contributed by atoms with Gasteiger partial charge in [0.2, 0.25) is 5.88 Å². The van der Waals surface area contributed by atoms with Gasteiger partial charge < -0.3 is 19.2 Å². The van der Waals surface area contributed by atoms with Crippen molar-refractivity contribution >= 4 is 17.1 Å². The summed E-state index contributed by atoms with van der Waals surface area (Å²) in [4.78, 5) is 14.6. The van der Waals surface area contributed by atoms with Crippen LogP contribution in [0.1, 0.15) is 16.9 Å². The number of aromatic hydroxyl groups is 1. The van der Waals surface area contributed by atoms with E-state index in [0.717, 1.165) is 33.9 Å². The second-order valence-corrected chi connectivity index (χ2v) is 8.71. The molecule has 0 bridgehead atoms. The van der Waals surface area contributed by atoms with Crippen molar-refractivity contribution in [2.45, 2.75) is 19.4 Å². The SMILES string of the molecule is COc1ccc(CCn2c(O)c(Cc3ccc(N(c4ccccc4)c4ccccc4)cc3)oc2=O)cc1. The van der Waals surface area contributed by atoms with Crippen LogP contribution in [0, 0.1) is 0 Å². The first-order valence-electron chi connectivity index (χ1n) is 12.2. The van der Waals surface area contributed by atoms with Crippen molar-refractivity contribution in [2.75, 3.05) is 12.0 Å². The van der Waals surface area contributed by atoms with Crippen molar-refractivity contribution in [3.8, 4) is 11.6 Å². The van der Waals surface area contributed by atoms with Gasteiger partial charge in [-0.3, -0.25) is 0 Å². The summed E-state index contributed by atoms with van der Waals surface area (Å²) in [5.41, 5.74) is 5.07. The minimum Gasteiger partial charge on any atom is -0.497 e. The minimum absolute atomic E-state index is 0.127. The summed E-state index contributed by atoms with van der Waals surface area (Å²) in [6, 6.07) is 36.0. The van der Waals surface area contributed by atoms with E-state index in [9.17, 15) is 9.90 Å². The van der Waals surface area contributed by atoms with E-state index in [1.54, 1.807) is 7.11 Å². The molecule has 1 aromatic heterocycles. The molecule has 0 fully saturated rings. The Labute approximate surface area is 215 Å². The van der Waals surface area contributed by atoms with Gasteiger partial charge in [-0.25, -0.2) is 9.36 Å². The van der Waals surface area contributed by atoms with Gasteiger partial charge in [-0.15, -0.1) is 0 Å². The maximum atomic E-state index is 12.4. The van der Waals surface area contributed by atoms with E-state index in [1.807, 2.05) is 84.9 Å². The van der Waals surface area contributed by atoms with Crippen LogP contribution in [0.2, 0.25) is 0 Å². The number of ether oxygens (including phenoxy) is 1. The number of para-hydroxylation sites is 2. The molecular weight excluding hydrogens is 464 g/mol. The predicted molar refractivity (Wildman–Crippen MR) is 145 cm³/mol. The number of anilines is 3. The molecule has 0 amide bonds. The van der Waals surface area contributed by atoms with Crippen LogP contribution in [0.25, 0.3) is 0 Å². The molecule has 0 unspecified atom stereocenters. The molecule has 6 heteroatoms. The standard InChI is InChI=1S/C31H28N2O4/c1-36-28-18-14-23(15-19-28)20-21-32-30(34)29(37-31(32)35)22-24-12-16-27(17-13-24)33(25-8-4-2-5-9-25)26-10-6-3-7-11-26/h2-19,34H,20-22H2,1H3. The van der Waals surface area contributed by atoms with Gasteiger partial charge >= 0.3 is 5.76 Å². The van der Waals surface area contributed by atoms with E-state index in [4.69, 9.17) is 9.15 Å². The number of hydrogen-bond donors (Lipinski definition) is 1. The zero-order valence-electron chi connectivity index (χ0n) is 20.6. The first-order chi connectivity index (χ1) is 18.1. The molecule has 186 valence electrons. The molecule has 0 saturated carbocycles. The van der Waals surface area contributed by atoms with Gasteiger partial charge in [-0.2, -0.15) is 0 Å². The smallest absolute Gasteiger partial charge is 0.422 e. The Kier molecular flexibility index (Phi) is 7.08. The van der Waals surface area contributed by atoms with Crippen LogP contribution >= 0.6 is 0 Å².